The molecule has 4 unspecified atom stereocenters. The highest BCUT2D eigenvalue weighted by molar-refractivity contribution is 5.99. The van der Waals surface area contributed by atoms with Gasteiger partial charge in [0.05, 0.1) is 24.6 Å². The van der Waals surface area contributed by atoms with Crippen molar-refractivity contribution in [3.05, 3.63) is 114 Å². The molecule has 3 aromatic rings. The van der Waals surface area contributed by atoms with Gasteiger partial charge in [-0.1, -0.05) is 84.9 Å². The van der Waals surface area contributed by atoms with Gasteiger partial charge in [0.1, 0.15) is 5.75 Å². The lowest BCUT2D eigenvalue weighted by molar-refractivity contribution is -0.146. The molecule has 4 atom stereocenters. The molecule has 0 aliphatic heterocycles. The Morgan fingerprint density at radius 1 is 0.765 bits per heavy atom. The number of aliphatic carboxylic acids is 1. The van der Waals surface area contributed by atoms with Crippen molar-refractivity contribution in [2.45, 2.75) is 0 Å². The highest BCUT2D eigenvalue weighted by Crippen LogP contribution is 2.55. The molecule has 3 aromatic carbocycles. The summed E-state index contributed by atoms with van der Waals surface area (Å²) in [6.07, 6.45) is 3.95. The molecule has 1 fully saturated rings. The Labute approximate surface area is 198 Å². The van der Waals surface area contributed by atoms with E-state index in [0.717, 1.165) is 22.3 Å². The van der Waals surface area contributed by atoms with E-state index in [1.807, 2.05) is 84.9 Å². The maximum absolute atomic E-state index is 13.5. The number of carboxylic acids is 1. The van der Waals surface area contributed by atoms with Crippen LogP contribution in [0.5, 0.6) is 5.75 Å². The van der Waals surface area contributed by atoms with Gasteiger partial charge in [0.15, 0.2) is 0 Å². The number of hydrogen-bond acceptors (Lipinski definition) is 3. The Bertz CT molecular complexity index is 1240. The number of fused-ring (bicyclic) bond motifs is 2. The molecule has 2 aliphatic rings. The zero-order valence-electron chi connectivity index (χ0n) is 18.7. The van der Waals surface area contributed by atoms with Crippen molar-refractivity contribution in [1.29, 1.82) is 0 Å². The molecule has 2 aliphatic carbocycles. The molecule has 5 heteroatoms. The Morgan fingerprint density at radius 2 is 1.29 bits per heavy atom. The molecule has 2 N–H and O–H groups in total. The molecule has 0 heterocycles. The first kappa shape index (κ1) is 21.7. The summed E-state index contributed by atoms with van der Waals surface area (Å²) in [7, 11) is 1.54. The molecule has 2 bridgehead atoms. The molecule has 0 saturated heterocycles. The maximum Gasteiger partial charge on any atom is 0.308 e. The number of para-hydroxylation sites is 2. The van der Waals surface area contributed by atoms with Gasteiger partial charge in [0.2, 0.25) is 5.91 Å². The number of benzene rings is 3. The van der Waals surface area contributed by atoms with E-state index in [0.29, 0.717) is 11.4 Å². The molecule has 5 nitrogen and oxygen atoms in total. The third-order valence-electron chi connectivity index (χ3n) is 6.77. The van der Waals surface area contributed by atoms with Crippen molar-refractivity contribution in [2.75, 3.05) is 12.4 Å². The molecule has 1 saturated carbocycles. The van der Waals surface area contributed by atoms with Crippen molar-refractivity contribution < 1.29 is 19.4 Å². The smallest absolute Gasteiger partial charge is 0.308 e. The Hall–Kier alpha value is -4.12. The van der Waals surface area contributed by atoms with Gasteiger partial charge in [-0.3, -0.25) is 9.59 Å². The van der Waals surface area contributed by atoms with E-state index in [-0.39, 0.29) is 17.7 Å². The van der Waals surface area contributed by atoms with E-state index in [4.69, 9.17) is 4.74 Å². The molecular formula is C29H25NO4. The number of carbonyl (C=O) groups is 2. The largest absolute Gasteiger partial charge is 0.495 e. The SMILES string of the molecule is COc1ccccc1NC(=O)C1C2C=CC(C2=C(c2ccccc2)c2ccccc2)C1C(=O)O. The summed E-state index contributed by atoms with van der Waals surface area (Å²) in [6, 6.07) is 27.1. The van der Waals surface area contributed by atoms with Crippen LogP contribution in [0.25, 0.3) is 5.57 Å². The quantitative estimate of drug-likeness (QED) is 0.501. The van der Waals surface area contributed by atoms with Crippen LogP contribution in [0.1, 0.15) is 11.1 Å². The third-order valence-corrected chi connectivity index (χ3v) is 6.77. The van der Waals surface area contributed by atoms with Gasteiger partial charge in [-0.05, 0) is 34.4 Å². The number of anilines is 1. The number of ether oxygens (including phenoxy) is 1. The van der Waals surface area contributed by atoms with Gasteiger partial charge in [-0.2, -0.15) is 0 Å². The van der Waals surface area contributed by atoms with E-state index in [1.165, 1.54) is 7.11 Å². The van der Waals surface area contributed by atoms with Crippen LogP contribution in [-0.4, -0.2) is 24.1 Å². The van der Waals surface area contributed by atoms with Gasteiger partial charge < -0.3 is 15.2 Å². The summed E-state index contributed by atoms with van der Waals surface area (Å²) in [5.74, 6) is -2.98. The molecule has 34 heavy (non-hydrogen) atoms. The Morgan fingerprint density at radius 3 is 1.85 bits per heavy atom. The zero-order chi connectivity index (χ0) is 23.7. The zero-order valence-corrected chi connectivity index (χ0v) is 18.7. The van der Waals surface area contributed by atoms with Gasteiger partial charge in [-0.15, -0.1) is 0 Å². The highest BCUT2D eigenvalue weighted by atomic mass is 16.5. The fraction of sp³-hybridized carbons (Fsp3) is 0.172. The standard InChI is InChI=1S/C29H25NO4/c1-34-23-15-9-8-14-22(23)30-28(31)26-20-16-17-21(27(26)29(32)33)25(20)24(18-10-4-2-5-11-18)19-12-6-3-7-13-19/h2-17,20-21,26-27H,1H3,(H,30,31)(H,32,33). The molecular weight excluding hydrogens is 426 g/mol. The molecule has 5 rings (SSSR count). The topological polar surface area (TPSA) is 75.6 Å². The summed E-state index contributed by atoms with van der Waals surface area (Å²) < 4.78 is 5.37. The maximum atomic E-state index is 13.5. The van der Waals surface area contributed by atoms with Crippen molar-refractivity contribution in [2.24, 2.45) is 23.7 Å². The van der Waals surface area contributed by atoms with Crippen LogP contribution in [-0.2, 0) is 9.59 Å². The van der Waals surface area contributed by atoms with Crippen LogP contribution in [0, 0.1) is 23.7 Å². The Balaban J connectivity index is 1.62. The molecule has 0 spiro atoms. The predicted octanol–water partition coefficient (Wildman–Crippen LogP) is 5.27. The van der Waals surface area contributed by atoms with Crippen LogP contribution >= 0.6 is 0 Å². The fourth-order valence-corrected chi connectivity index (χ4v) is 5.38. The van der Waals surface area contributed by atoms with E-state index in [1.54, 1.807) is 12.1 Å². The number of methoxy groups -OCH3 is 1. The number of carbonyl (C=O) groups excluding carboxylic acids is 1. The van der Waals surface area contributed by atoms with Gasteiger partial charge >= 0.3 is 5.97 Å². The van der Waals surface area contributed by atoms with Crippen LogP contribution in [0.2, 0.25) is 0 Å². The molecule has 1 amide bonds. The van der Waals surface area contributed by atoms with E-state index in [2.05, 4.69) is 5.32 Å². The first-order valence-electron chi connectivity index (χ1n) is 11.3. The Kier molecular flexibility index (Phi) is 5.76. The minimum Gasteiger partial charge on any atom is -0.495 e. The number of nitrogens with one attached hydrogen (secondary N) is 1. The number of rotatable bonds is 6. The van der Waals surface area contributed by atoms with Crippen molar-refractivity contribution in [3.8, 4) is 5.75 Å². The van der Waals surface area contributed by atoms with Crippen LogP contribution in [0.15, 0.2) is 103 Å². The summed E-state index contributed by atoms with van der Waals surface area (Å²) in [4.78, 5) is 26.0. The highest BCUT2D eigenvalue weighted by Gasteiger charge is 2.55. The normalized spacial score (nSPS) is 22.4. The molecule has 0 aromatic heterocycles. The second-order valence-electron chi connectivity index (χ2n) is 8.58. The first-order chi connectivity index (χ1) is 16.6. The molecule has 0 radical (unpaired) electrons. The minimum absolute atomic E-state index is 0.309. The van der Waals surface area contributed by atoms with Gasteiger partial charge in [0.25, 0.3) is 0 Å². The van der Waals surface area contributed by atoms with E-state index < -0.39 is 17.8 Å². The average molecular weight is 452 g/mol. The lowest BCUT2D eigenvalue weighted by Gasteiger charge is -2.23. The van der Waals surface area contributed by atoms with Crippen molar-refractivity contribution in [1.82, 2.24) is 0 Å². The average Bonchev–Trinajstić information content (AvgIpc) is 3.42. The number of allylic oxidation sites excluding steroid dienone is 3. The van der Waals surface area contributed by atoms with E-state index in [9.17, 15) is 14.7 Å². The first-order valence-corrected chi connectivity index (χ1v) is 11.3. The fourth-order valence-electron chi connectivity index (χ4n) is 5.38. The van der Waals surface area contributed by atoms with Crippen LogP contribution in [0.3, 0.4) is 0 Å². The van der Waals surface area contributed by atoms with Crippen LogP contribution < -0.4 is 10.1 Å². The lowest BCUT2D eigenvalue weighted by atomic mass is 9.82. The summed E-state index contributed by atoms with van der Waals surface area (Å²) in [5.41, 5.74) is 4.54. The van der Waals surface area contributed by atoms with Gasteiger partial charge in [-0.25, -0.2) is 0 Å². The monoisotopic (exact) mass is 451 g/mol. The summed E-state index contributed by atoms with van der Waals surface area (Å²) in [6.45, 7) is 0. The number of carboxylic acid groups (broad SMARTS) is 1. The lowest BCUT2D eigenvalue weighted by Crippen LogP contribution is -2.36. The third kappa shape index (κ3) is 3.69. The summed E-state index contributed by atoms with van der Waals surface area (Å²) in [5, 5.41) is 13.1. The number of amides is 1. The predicted molar refractivity (Wildman–Crippen MR) is 131 cm³/mol. The minimum atomic E-state index is -0.963. The van der Waals surface area contributed by atoms with Crippen molar-refractivity contribution >= 4 is 23.1 Å². The second-order valence-corrected chi connectivity index (χ2v) is 8.58. The number of hydrogen-bond donors (Lipinski definition) is 2. The van der Waals surface area contributed by atoms with Gasteiger partial charge in [0, 0.05) is 11.8 Å². The molecule has 170 valence electrons. The van der Waals surface area contributed by atoms with E-state index >= 15 is 0 Å². The summed E-state index contributed by atoms with van der Waals surface area (Å²) >= 11 is 0. The second kappa shape index (κ2) is 9.02. The van der Waals surface area contributed by atoms with Crippen molar-refractivity contribution in [3.63, 3.8) is 0 Å². The van der Waals surface area contributed by atoms with Crippen LogP contribution in [0.4, 0.5) is 5.69 Å².